The quantitative estimate of drug-likeness (QED) is 0.525. The Morgan fingerprint density at radius 2 is 0.974 bits per heavy atom. The molecule has 4 unspecified atom stereocenters. The fourth-order valence-electron chi connectivity index (χ4n) is 5.40. The lowest BCUT2D eigenvalue weighted by molar-refractivity contribution is -0.260. The number of carbonyl (C=O) groups excluding carboxylic acids is 4. The van der Waals surface area contributed by atoms with Crippen LogP contribution in [-0.2, 0) is 38.1 Å². The predicted octanol–water partition coefficient (Wildman–Crippen LogP) is 2.35. The van der Waals surface area contributed by atoms with Crippen molar-refractivity contribution in [3.63, 3.8) is 0 Å². The van der Waals surface area contributed by atoms with E-state index in [2.05, 4.69) is 0 Å². The number of hydrogen-bond acceptors (Lipinski definition) is 10. The first-order valence-electron chi connectivity index (χ1n) is 11.6. The van der Waals surface area contributed by atoms with Gasteiger partial charge in [0, 0.05) is 23.3 Å². The number of rotatable bonds is 6. The van der Waals surface area contributed by atoms with Gasteiger partial charge in [-0.15, -0.1) is 0 Å². The van der Waals surface area contributed by atoms with E-state index in [1.165, 1.54) is 26.4 Å². The molecule has 1 saturated carbocycles. The number of ketones is 2. The lowest BCUT2D eigenvalue weighted by atomic mass is 9.47. The molecule has 0 saturated heterocycles. The van der Waals surface area contributed by atoms with E-state index in [1.54, 1.807) is 48.5 Å². The first-order chi connectivity index (χ1) is 18.3. The predicted molar refractivity (Wildman–Crippen MR) is 131 cm³/mol. The van der Waals surface area contributed by atoms with Gasteiger partial charge in [-0.25, -0.2) is 0 Å². The average molecular weight is 520 g/mol. The average Bonchev–Trinajstić information content (AvgIpc) is 3.50. The van der Waals surface area contributed by atoms with Gasteiger partial charge in [-0.05, 0) is 48.5 Å². The molecule has 0 radical (unpaired) electrons. The second-order valence-electron chi connectivity index (χ2n) is 8.88. The van der Waals surface area contributed by atoms with Crippen LogP contribution in [0.5, 0.6) is 11.5 Å². The summed E-state index contributed by atoms with van der Waals surface area (Å²) in [6.07, 6.45) is 2.38. The molecule has 10 nitrogen and oxygen atoms in total. The van der Waals surface area contributed by atoms with Crippen LogP contribution >= 0.6 is 0 Å². The van der Waals surface area contributed by atoms with Gasteiger partial charge in [-0.2, -0.15) is 0 Å². The van der Waals surface area contributed by atoms with Crippen LogP contribution in [0, 0.1) is 11.8 Å². The van der Waals surface area contributed by atoms with Crippen LogP contribution in [0.1, 0.15) is 11.1 Å². The Labute approximate surface area is 217 Å². The third-order valence-corrected chi connectivity index (χ3v) is 7.22. The SMILES string of the molecule is COC(=O)C1C(C(=O)OC)C2(OC(c3ccc(OC)cc3)=CC2=O)C12OC(c1ccc(OC)cc1)=CC2=O. The van der Waals surface area contributed by atoms with Crippen molar-refractivity contribution in [1.82, 2.24) is 0 Å². The van der Waals surface area contributed by atoms with E-state index in [4.69, 9.17) is 28.4 Å². The number of carbonyl (C=O) groups is 4. The van der Waals surface area contributed by atoms with Gasteiger partial charge in [0.05, 0.1) is 28.4 Å². The molecule has 2 aromatic rings. The van der Waals surface area contributed by atoms with E-state index in [0.29, 0.717) is 22.6 Å². The molecule has 2 aromatic carbocycles. The van der Waals surface area contributed by atoms with Crippen LogP contribution in [0.4, 0.5) is 0 Å². The van der Waals surface area contributed by atoms with E-state index in [0.717, 1.165) is 14.2 Å². The lowest BCUT2D eigenvalue weighted by Crippen LogP contribution is -2.84. The minimum absolute atomic E-state index is 0.101. The van der Waals surface area contributed by atoms with Crippen molar-refractivity contribution in [2.45, 2.75) is 11.2 Å². The van der Waals surface area contributed by atoms with Crippen molar-refractivity contribution < 1.29 is 47.6 Å². The number of ether oxygens (including phenoxy) is 6. The van der Waals surface area contributed by atoms with Crippen LogP contribution in [0.15, 0.2) is 60.7 Å². The number of esters is 2. The van der Waals surface area contributed by atoms with Crippen molar-refractivity contribution in [3.05, 3.63) is 71.8 Å². The van der Waals surface area contributed by atoms with E-state index >= 15 is 0 Å². The maximum Gasteiger partial charge on any atom is 0.314 e. The maximum atomic E-state index is 13.7. The van der Waals surface area contributed by atoms with Gasteiger partial charge in [0.25, 0.3) is 0 Å². The molecule has 0 amide bonds. The van der Waals surface area contributed by atoms with Gasteiger partial charge < -0.3 is 28.4 Å². The largest absolute Gasteiger partial charge is 0.497 e. The normalized spacial score (nSPS) is 27.2. The Morgan fingerprint density at radius 3 is 1.26 bits per heavy atom. The highest BCUT2D eigenvalue weighted by molar-refractivity contribution is 6.21. The van der Waals surface area contributed by atoms with Gasteiger partial charge >= 0.3 is 11.9 Å². The summed E-state index contributed by atoms with van der Waals surface area (Å²) in [5, 5.41) is 0. The maximum absolute atomic E-state index is 13.7. The van der Waals surface area contributed by atoms with Crippen LogP contribution in [-0.4, -0.2) is 63.1 Å². The fraction of sp³-hybridized carbons (Fsp3) is 0.286. The molecule has 5 rings (SSSR count). The van der Waals surface area contributed by atoms with Gasteiger partial charge in [-0.3, -0.25) is 19.2 Å². The second kappa shape index (κ2) is 9.05. The monoisotopic (exact) mass is 520 g/mol. The molecule has 1 aliphatic carbocycles. The first-order valence-corrected chi connectivity index (χ1v) is 11.6. The van der Waals surface area contributed by atoms with Crippen molar-refractivity contribution in [2.24, 2.45) is 11.8 Å². The summed E-state index contributed by atoms with van der Waals surface area (Å²) >= 11 is 0. The summed E-state index contributed by atoms with van der Waals surface area (Å²) in [4.78, 5) is 53.6. The summed E-state index contributed by atoms with van der Waals surface area (Å²) in [6, 6.07) is 13.3. The number of benzene rings is 2. The summed E-state index contributed by atoms with van der Waals surface area (Å²) in [5.74, 6) is -4.92. The van der Waals surface area contributed by atoms with Gasteiger partial charge in [0.2, 0.25) is 22.8 Å². The molecule has 2 aliphatic heterocycles. The Morgan fingerprint density at radius 1 is 0.632 bits per heavy atom. The number of fused-ring (bicyclic) bond motifs is 1. The van der Waals surface area contributed by atoms with Gasteiger partial charge in [-0.1, -0.05) is 0 Å². The molecular weight excluding hydrogens is 496 g/mol. The standard InChI is InChI=1S/C28H24O10/c1-33-17-9-5-15(6-10-17)19-13-21(29)27(37-19)23(25(31)35-3)24(26(32)36-4)28(27)22(30)14-20(38-28)16-7-11-18(34-2)12-8-16/h5-14,23-24H,1-4H3. The highest BCUT2D eigenvalue weighted by Gasteiger charge is 2.89. The van der Waals surface area contributed by atoms with Crippen LogP contribution in [0.2, 0.25) is 0 Å². The Balaban J connectivity index is 1.61. The summed E-state index contributed by atoms with van der Waals surface area (Å²) < 4.78 is 32.7. The molecule has 0 aromatic heterocycles. The molecule has 10 heteroatoms. The van der Waals surface area contributed by atoms with Crippen molar-refractivity contribution >= 4 is 35.0 Å². The first kappa shape index (κ1) is 25.1. The van der Waals surface area contributed by atoms with Crippen molar-refractivity contribution in [3.8, 4) is 11.5 Å². The van der Waals surface area contributed by atoms with Crippen LogP contribution in [0.25, 0.3) is 11.5 Å². The minimum Gasteiger partial charge on any atom is -0.497 e. The van der Waals surface area contributed by atoms with Gasteiger partial charge in [0.1, 0.15) is 34.9 Å². The smallest absolute Gasteiger partial charge is 0.314 e. The molecule has 0 N–H and O–H groups in total. The number of methoxy groups -OCH3 is 4. The Bertz CT molecular complexity index is 1280. The van der Waals surface area contributed by atoms with E-state index < -0.39 is 46.5 Å². The number of hydrogen-bond donors (Lipinski definition) is 0. The highest BCUT2D eigenvalue weighted by atomic mass is 16.6. The molecule has 4 atom stereocenters. The lowest BCUT2D eigenvalue weighted by Gasteiger charge is -2.58. The molecule has 2 heterocycles. The Hall–Kier alpha value is -4.60. The molecule has 1 fully saturated rings. The van der Waals surface area contributed by atoms with E-state index in [9.17, 15) is 19.2 Å². The minimum atomic E-state index is -2.20. The summed E-state index contributed by atoms with van der Waals surface area (Å²) in [5.41, 5.74) is -3.42. The second-order valence-corrected chi connectivity index (χ2v) is 8.88. The third-order valence-electron chi connectivity index (χ3n) is 7.22. The summed E-state index contributed by atoms with van der Waals surface area (Å²) in [7, 11) is 5.26. The van der Waals surface area contributed by atoms with E-state index in [-0.39, 0.29) is 11.5 Å². The summed E-state index contributed by atoms with van der Waals surface area (Å²) in [6.45, 7) is 0. The van der Waals surface area contributed by atoms with Crippen molar-refractivity contribution in [2.75, 3.05) is 28.4 Å². The molecule has 38 heavy (non-hydrogen) atoms. The van der Waals surface area contributed by atoms with Crippen LogP contribution in [0.3, 0.4) is 0 Å². The fourth-order valence-corrected chi connectivity index (χ4v) is 5.40. The molecular formula is C28H24O10. The van der Waals surface area contributed by atoms with Crippen LogP contribution < -0.4 is 9.47 Å². The van der Waals surface area contributed by atoms with Gasteiger partial charge in [0.15, 0.2) is 0 Å². The molecule has 2 spiro atoms. The Kier molecular flexibility index (Phi) is 5.97. The molecule has 0 bridgehead atoms. The zero-order chi connectivity index (χ0) is 27.2. The van der Waals surface area contributed by atoms with Crippen molar-refractivity contribution in [1.29, 1.82) is 0 Å². The third kappa shape index (κ3) is 3.26. The van der Waals surface area contributed by atoms with E-state index in [1.807, 2.05) is 0 Å². The molecule has 3 aliphatic rings. The highest BCUT2D eigenvalue weighted by Crippen LogP contribution is 2.64. The zero-order valence-corrected chi connectivity index (χ0v) is 21.0. The zero-order valence-electron chi connectivity index (χ0n) is 21.0. The molecule has 196 valence electrons. The topological polar surface area (TPSA) is 124 Å².